The average molecular weight is 356 g/mol. The third-order valence-corrected chi connectivity index (χ3v) is 9.51. The Hall–Kier alpha value is -2.70. The molecular weight excluding hydrogens is 332 g/mol. The van der Waals surface area contributed by atoms with Crippen molar-refractivity contribution in [3.8, 4) is 28.5 Å². The van der Waals surface area contributed by atoms with Crippen LogP contribution in [0.15, 0.2) is 48.7 Å². The molecule has 1 aliphatic rings. The number of aryl methyl sites for hydroxylation is 2. The van der Waals surface area contributed by atoms with E-state index in [1.54, 1.807) is 0 Å². The standard InChI is InChI=1S/C23H23N2Si/c1-15-9-11-19-18-12-10-17(14-24)16(2)22(18)26(4,5)23(19)21(15)20-8-6-7-13-25(20)3/h6-13H,1-5H3/q+1. The Kier molecular flexibility index (Phi) is 3.64. The van der Waals surface area contributed by atoms with Gasteiger partial charge in [0.05, 0.1) is 11.6 Å². The van der Waals surface area contributed by atoms with Gasteiger partial charge in [0.25, 0.3) is 0 Å². The van der Waals surface area contributed by atoms with Gasteiger partial charge in [-0.15, -0.1) is 0 Å². The SMILES string of the molecule is Cc1ccc2c(c1-c1cccc[n+]1C)[Si](C)(C)c1c-2ccc(C#N)c1C. The van der Waals surface area contributed by atoms with Crippen molar-refractivity contribution in [3.05, 3.63) is 65.4 Å². The number of rotatable bonds is 1. The van der Waals surface area contributed by atoms with Crippen molar-refractivity contribution in [2.75, 3.05) is 0 Å². The lowest BCUT2D eigenvalue weighted by atomic mass is 9.95. The number of aromatic nitrogens is 1. The Morgan fingerprint density at radius 3 is 2.31 bits per heavy atom. The molecule has 0 N–H and O–H groups in total. The van der Waals surface area contributed by atoms with Crippen LogP contribution in [0, 0.1) is 25.2 Å². The van der Waals surface area contributed by atoms with E-state index in [-0.39, 0.29) is 0 Å². The maximum atomic E-state index is 9.51. The second-order valence-electron chi connectivity index (χ2n) is 7.77. The fourth-order valence-electron chi connectivity index (χ4n) is 4.68. The number of nitrogens with zero attached hydrogens (tertiary/aromatic N) is 2. The van der Waals surface area contributed by atoms with Crippen molar-refractivity contribution >= 4 is 18.4 Å². The molecular formula is C23H23N2Si+. The van der Waals surface area contributed by atoms with Crippen LogP contribution in [0.2, 0.25) is 13.1 Å². The topological polar surface area (TPSA) is 27.7 Å². The van der Waals surface area contributed by atoms with Crippen LogP contribution >= 0.6 is 0 Å². The quantitative estimate of drug-likeness (QED) is 0.485. The Morgan fingerprint density at radius 2 is 1.62 bits per heavy atom. The molecule has 0 bridgehead atoms. The van der Waals surface area contributed by atoms with Gasteiger partial charge in [-0.05, 0) is 58.6 Å². The lowest BCUT2D eigenvalue weighted by molar-refractivity contribution is -0.660. The van der Waals surface area contributed by atoms with Crippen LogP contribution in [-0.2, 0) is 7.05 Å². The van der Waals surface area contributed by atoms with E-state index in [9.17, 15) is 5.26 Å². The summed E-state index contributed by atoms with van der Waals surface area (Å²) in [7, 11) is 0.195. The first-order chi connectivity index (χ1) is 12.4. The van der Waals surface area contributed by atoms with Crippen LogP contribution < -0.4 is 14.9 Å². The highest BCUT2D eigenvalue weighted by atomic mass is 28.3. The molecule has 0 saturated carbocycles. The van der Waals surface area contributed by atoms with Crippen molar-refractivity contribution in [2.24, 2.45) is 7.05 Å². The van der Waals surface area contributed by atoms with Crippen molar-refractivity contribution in [2.45, 2.75) is 26.9 Å². The molecule has 128 valence electrons. The average Bonchev–Trinajstić information content (AvgIpc) is 2.84. The summed E-state index contributed by atoms with van der Waals surface area (Å²) in [4.78, 5) is 0. The van der Waals surface area contributed by atoms with E-state index in [0.29, 0.717) is 0 Å². The van der Waals surface area contributed by atoms with Gasteiger partial charge in [-0.1, -0.05) is 31.3 Å². The predicted octanol–water partition coefficient (Wildman–Crippen LogP) is 3.47. The molecule has 2 nitrogen and oxygen atoms in total. The van der Waals surface area contributed by atoms with Crippen molar-refractivity contribution < 1.29 is 4.57 Å². The van der Waals surface area contributed by atoms with Gasteiger partial charge in [-0.2, -0.15) is 5.26 Å². The fraction of sp³-hybridized carbons (Fsp3) is 0.217. The molecule has 1 aliphatic heterocycles. The van der Waals surface area contributed by atoms with E-state index in [0.717, 1.165) is 5.56 Å². The van der Waals surface area contributed by atoms with Gasteiger partial charge in [0.15, 0.2) is 6.20 Å². The minimum Gasteiger partial charge on any atom is -0.201 e. The van der Waals surface area contributed by atoms with Gasteiger partial charge in [-0.3, -0.25) is 0 Å². The predicted molar refractivity (Wildman–Crippen MR) is 109 cm³/mol. The zero-order valence-electron chi connectivity index (χ0n) is 16.0. The molecule has 3 aromatic rings. The minimum absolute atomic E-state index is 0.806. The molecule has 4 rings (SSSR count). The summed E-state index contributed by atoms with van der Waals surface area (Å²) >= 11 is 0. The van der Waals surface area contributed by atoms with Gasteiger partial charge in [0, 0.05) is 17.7 Å². The first-order valence-electron chi connectivity index (χ1n) is 9.01. The van der Waals surface area contributed by atoms with Crippen LogP contribution in [0.25, 0.3) is 22.4 Å². The largest absolute Gasteiger partial charge is 0.212 e. The summed E-state index contributed by atoms with van der Waals surface area (Å²) in [6, 6.07) is 17.4. The second-order valence-corrected chi connectivity index (χ2v) is 12.0. The molecule has 2 aromatic carbocycles. The van der Waals surface area contributed by atoms with Gasteiger partial charge in [0.1, 0.15) is 15.1 Å². The molecule has 26 heavy (non-hydrogen) atoms. The number of hydrogen-bond acceptors (Lipinski definition) is 1. The van der Waals surface area contributed by atoms with Crippen molar-refractivity contribution in [3.63, 3.8) is 0 Å². The maximum absolute atomic E-state index is 9.51. The van der Waals surface area contributed by atoms with Crippen molar-refractivity contribution in [1.82, 2.24) is 0 Å². The van der Waals surface area contributed by atoms with E-state index in [1.807, 2.05) is 6.07 Å². The van der Waals surface area contributed by atoms with Crippen LogP contribution in [-0.4, -0.2) is 8.07 Å². The number of pyridine rings is 1. The normalized spacial score (nSPS) is 13.8. The third-order valence-electron chi connectivity index (χ3n) is 5.85. The molecule has 0 fully saturated rings. The van der Waals surface area contributed by atoms with E-state index in [2.05, 4.69) is 87.2 Å². The fourth-order valence-corrected chi connectivity index (χ4v) is 8.74. The minimum atomic E-state index is -1.92. The molecule has 1 aromatic heterocycles. The van der Waals surface area contributed by atoms with E-state index in [4.69, 9.17) is 0 Å². The summed E-state index contributed by atoms with van der Waals surface area (Å²) in [5.41, 5.74) is 8.60. The molecule has 0 spiro atoms. The summed E-state index contributed by atoms with van der Waals surface area (Å²) < 4.78 is 2.21. The number of benzene rings is 2. The Morgan fingerprint density at radius 1 is 0.923 bits per heavy atom. The highest BCUT2D eigenvalue weighted by Crippen LogP contribution is 2.35. The molecule has 0 aliphatic carbocycles. The molecule has 2 heterocycles. The van der Waals surface area contributed by atoms with Crippen LogP contribution in [0.4, 0.5) is 0 Å². The monoisotopic (exact) mass is 355 g/mol. The van der Waals surface area contributed by atoms with Gasteiger partial charge >= 0.3 is 0 Å². The Bertz CT molecular complexity index is 1100. The lowest BCUT2D eigenvalue weighted by Gasteiger charge is -2.24. The third kappa shape index (κ3) is 2.12. The van der Waals surface area contributed by atoms with Gasteiger partial charge in [-0.25, -0.2) is 4.57 Å². The number of nitriles is 1. The summed E-state index contributed by atoms with van der Waals surface area (Å²) in [5.74, 6) is 0. The van der Waals surface area contributed by atoms with Crippen LogP contribution in [0.3, 0.4) is 0 Å². The Labute approximate surface area is 156 Å². The smallest absolute Gasteiger partial charge is 0.201 e. The first kappa shape index (κ1) is 16.7. The summed E-state index contributed by atoms with van der Waals surface area (Å²) in [6.07, 6.45) is 2.11. The molecule has 0 amide bonds. The highest BCUT2D eigenvalue weighted by Gasteiger charge is 2.42. The van der Waals surface area contributed by atoms with Gasteiger partial charge < -0.3 is 0 Å². The van der Waals surface area contributed by atoms with E-state index in [1.165, 1.54) is 43.9 Å². The van der Waals surface area contributed by atoms with Crippen LogP contribution in [0.5, 0.6) is 0 Å². The van der Waals surface area contributed by atoms with Gasteiger partial charge in [0.2, 0.25) is 5.69 Å². The molecule has 3 heteroatoms. The molecule has 0 atom stereocenters. The number of fused-ring (bicyclic) bond motifs is 3. The second kappa shape index (κ2) is 5.65. The first-order valence-corrected chi connectivity index (χ1v) is 12.0. The van der Waals surface area contributed by atoms with Crippen molar-refractivity contribution in [1.29, 1.82) is 5.26 Å². The molecule has 0 unspecified atom stereocenters. The zero-order valence-corrected chi connectivity index (χ0v) is 17.0. The highest BCUT2D eigenvalue weighted by molar-refractivity contribution is 7.04. The zero-order chi connectivity index (χ0) is 18.6. The lowest BCUT2D eigenvalue weighted by Crippen LogP contribution is -2.52. The number of hydrogen-bond donors (Lipinski definition) is 0. The Balaban J connectivity index is 2.12. The van der Waals surface area contributed by atoms with Crippen LogP contribution in [0.1, 0.15) is 16.7 Å². The molecule has 0 saturated heterocycles. The summed E-state index contributed by atoms with van der Waals surface area (Å²) in [6.45, 7) is 9.19. The molecule has 0 radical (unpaired) electrons. The van der Waals surface area contributed by atoms with E-state index < -0.39 is 8.07 Å². The summed E-state index contributed by atoms with van der Waals surface area (Å²) in [5, 5.41) is 12.4. The maximum Gasteiger partial charge on any atom is 0.212 e. The van der Waals surface area contributed by atoms with E-state index >= 15 is 0 Å².